The van der Waals surface area contributed by atoms with Crippen LogP contribution in [0.4, 0.5) is 0 Å². The van der Waals surface area contributed by atoms with E-state index in [0.29, 0.717) is 12.8 Å². The summed E-state index contributed by atoms with van der Waals surface area (Å²) in [6.45, 7) is 4.40. The fourth-order valence-corrected chi connectivity index (χ4v) is 2.56. The Bertz CT molecular complexity index is 365. The maximum absolute atomic E-state index is 11.7. The number of hydrogen-bond donors (Lipinski definition) is 2. The fraction of sp³-hybridized carbons (Fsp3) is 0.727. The van der Waals surface area contributed by atoms with Gasteiger partial charge in [-0.15, -0.1) is 0 Å². The second-order valence-corrected chi connectivity index (χ2v) is 6.85. The van der Waals surface area contributed by atoms with Crippen LogP contribution in [0.25, 0.3) is 0 Å². The number of carbonyl (C=O) groups excluding carboxylic acids is 2. The first-order valence-electron chi connectivity index (χ1n) is 10.6. The van der Waals surface area contributed by atoms with Crippen molar-refractivity contribution in [1.82, 2.24) is 10.6 Å². The number of allylic oxidation sites excluding steroid dienone is 2. The number of rotatable bonds is 17. The lowest BCUT2D eigenvalue weighted by Gasteiger charge is -2.02. The van der Waals surface area contributed by atoms with Gasteiger partial charge in [0.1, 0.15) is 0 Å². The Morgan fingerprint density at radius 1 is 0.615 bits per heavy atom. The summed E-state index contributed by atoms with van der Waals surface area (Å²) >= 11 is 0. The average Bonchev–Trinajstić information content (AvgIpc) is 2.64. The third-order valence-electron chi connectivity index (χ3n) is 4.23. The summed E-state index contributed by atoms with van der Waals surface area (Å²) in [5, 5.41) is 5.59. The Balaban J connectivity index is 3.48. The van der Waals surface area contributed by atoms with Crippen LogP contribution in [0.1, 0.15) is 104 Å². The molecule has 0 unspecified atom stereocenters. The number of nitrogens with one attached hydrogen (secondary N) is 2. The first-order valence-corrected chi connectivity index (χ1v) is 10.6. The van der Waals surface area contributed by atoms with Crippen molar-refractivity contribution in [2.75, 3.05) is 0 Å². The molecule has 2 N–H and O–H groups in total. The van der Waals surface area contributed by atoms with Crippen molar-refractivity contribution in [3.05, 3.63) is 24.6 Å². The van der Waals surface area contributed by atoms with E-state index in [-0.39, 0.29) is 11.8 Å². The lowest BCUT2D eigenvalue weighted by Crippen LogP contribution is -2.18. The Kier molecular flexibility index (Phi) is 18.5. The van der Waals surface area contributed by atoms with E-state index in [2.05, 4.69) is 24.5 Å². The van der Waals surface area contributed by atoms with Crippen LogP contribution in [0, 0.1) is 0 Å². The van der Waals surface area contributed by atoms with Gasteiger partial charge in [0.25, 0.3) is 0 Å². The molecule has 0 spiro atoms. The maximum atomic E-state index is 11.7. The van der Waals surface area contributed by atoms with Gasteiger partial charge in [-0.1, -0.05) is 64.5 Å². The molecule has 4 heteroatoms. The summed E-state index contributed by atoms with van der Waals surface area (Å²) in [5.74, 6) is 0.0596. The number of hydrogen-bond acceptors (Lipinski definition) is 2. The second kappa shape index (κ2) is 19.7. The monoisotopic (exact) mass is 364 g/mol. The molecule has 4 nitrogen and oxygen atoms in total. The molecular formula is C22H40N2O2. The molecule has 0 heterocycles. The molecule has 0 radical (unpaired) electrons. The minimum Gasteiger partial charge on any atom is -0.333 e. The highest BCUT2D eigenvalue weighted by Crippen LogP contribution is 2.04. The summed E-state index contributed by atoms with van der Waals surface area (Å²) in [4.78, 5) is 23.3. The number of amides is 2. The molecule has 0 aliphatic carbocycles. The summed E-state index contributed by atoms with van der Waals surface area (Å²) in [6, 6.07) is 0. The van der Waals surface area contributed by atoms with Gasteiger partial charge in [0.05, 0.1) is 0 Å². The molecule has 0 aromatic rings. The van der Waals surface area contributed by atoms with Crippen molar-refractivity contribution in [2.24, 2.45) is 0 Å². The molecule has 0 fully saturated rings. The van der Waals surface area contributed by atoms with Gasteiger partial charge >= 0.3 is 0 Å². The van der Waals surface area contributed by atoms with Gasteiger partial charge in [-0.25, -0.2) is 0 Å². The van der Waals surface area contributed by atoms with Crippen LogP contribution in [0.3, 0.4) is 0 Å². The minimum absolute atomic E-state index is 0.0298. The Morgan fingerprint density at radius 3 is 1.42 bits per heavy atom. The highest BCUT2D eigenvalue weighted by Gasteiger charge is 2.01. The molecule has 0 aliphatic heterocycles. The SMILES string of the molecule is CCCCCC/C=C/NC(=O)CCCCC(=O)N/C=C/CCCCCC. The number of carbonyl (C=O) groups is 2. The van der Waals surface area contributed by atoms with Crippen LogP contribution in [0.5, 0.6) is 0 Å². The summed E-state index contributed by atoms with van der Waals surface area (Å²) in [5.41, 5.74) is 0. The van der Waals surface area contributed by atoms with E-state index in [0.717, 1.165) is 25.7 Å². The molecule has 0 aromatic carbocycles. The molecule has 26 heavy (non-hydrogen) atoms. The molecule has 0 atom stereocenters. The topological polar surface area (TPSA) is 58.2 Å². The standard InChI is InChI=1S/C22H40N2O2/c1-3-5-7-9-11-15-19-23-21(25)17-13-14-18-22(26)24-20-16-12-10-8-6-4-2/h15-16,19-20H,3-14,17-18H2,1-2H3,(H,23,25)(H,24,26)/b19-15+,20-16+. The summed E-state index contributed by atoms with van der Waals surface area (Å²) < 4.78 is 0. The molecule has 0 saturated carbocycles. The fourth-order valence-electron chi connectivity index (χ4n) is 2.56. The van der Waals surface area contributed by atoms with Crippen molar-refractivity contribution < 1.29 is 9.59 Å². The molecular weight excluding hydrogens is 324 g/mol. The van der Waals surface area contributed by atoms with Crippen molar-refractivity contribution >= 4 is 11.8 Å². The zero-order chi connectivity index (χ0) is 19.3. The van der Waals surface area contributed by atoms with E-state index in [1.54, 1.807) is 12.4 Å². The summed E-state index contributed by atoms with van der Waals surface area (Å²) in [7, 11) is 0. The van der Waals surface area contributed by atoms with Crippen molar-refractivity contribution in [2.45, 2.75) is 104 Å². The zero-order valence-corrected chi connectivity index (χ0v) is 17.0. The third kappa shape index (κ3) is 18.8. The van der Waals surface area contributed by atoms with Crippen LogP contribution in [-0.4, -0.2) is 11.8 Å². The lowest BCUT2D eigenvalue weighted by molar-refractivity contribution is -0.122. The lowest BCUT2D eigenvalue weighted by atomic mass is 10.1. The normalized spacial score (nSPS) is 11.3. The maximum Gasteiger partial charge on any atom is 0.223 e. The van der Waals surface area contributed by atoms with E-state index in [9.17, 15) is 9.59 Å². The minimum atomic E-state index is 0.0298. The molecule has 150 valence electrons. The first kappa shape index (κ1) is 24.4. The van der Waals surface area contributed by atoms with Gasteiger partial charge in [0.15, 0.2) is 0 Å². The predicted octanol–water partition coefficient (Wildman–Crippen LogP) is 5.75. The van der Waals surface area contributed by atoms with Crippen LogP contribution in [0.15, 0.2) is 24.6 Å². The van der Waals surface area contributed by atoms with E-state index in [4.69, 9.17) is 0 Å². The van der Waals surface area contributed by atoms with Gasteiger partial charge in [-0.05, 0) is 50.9 Å². The van der Waals surface area contributed by atoms with E-state index >= 15 is 0 Å². The van der Waals surface area contributed by atoms with Crippen molar-refractivity contribution in [1.29, 1.82) is 0 Å². The Labute approximate surface area is 160 Å². The van der Waals surface area contributed by atoms with Gasteiger partial charge in [0.2, 0.25) is 11.8 Å². The van der Waals surface area contributed by atoms with Crippen molar-refractivity contribution in [3.8, 4) is 0 Å². The first-order chi connectivity index (χ1) is 12.7. The Hall–Kier alpha value is -1.58. The van der Waals surface area contributed by atoms with E-state index < -0.39 is 0 Å². The van der Waals surface area contributed by atoms with Crippen LogP contribution >= 0.6 is 0 Å². The zero-order valence-electron chi connectivity index (χ0n) is 17.0. The van der Waals surface area contributed by atoms with Crippen LogP contribution in [0.2, 0.25) is 0 Å². The Morgan fingerprint density at radius 2 is 1.04 bits per heavy atom. The highest BCUT2D eigenvalue weighted by molar-refractivity contribution is 5.78. The molecule has 0 bridgehead atoms. The van der Waals surface area contributed by atoms with Crippen molar-refractivity contribution in [3.63, 3.8) is 0 Å². The van der Waals surface area contributed by atoms with E-state index in [1.165, 1.54) is 51.4 Å². The smallest absolute Gasteiger partial charge is 0.223 e. The van der Waals surface area contributed by atoms with Crippen LogP contribution in [-0.2, 0) is 9.59 Å². The quantitative estimate of drug-likeness (QED) is 0.323. The second-order valence-electron chi connectivity index (χ2n) is 6.85. The molecule has 0 aliphatic rings. The van der Waals surface area contributed by atoms with Gasteiger partial charge in [-0.3, -0.25) is 9.59 Å². The largest absolute Gasteiger partial charge is 0.333 e. The van der Waals surface area contributed by atoms with Crippen LogP contribution < -0.4 is 10.6 Å². The van der Waals surface area contributed by atoms with Gasteiger partial charge in [0, 0.05) is 12.8 Å². The molecule has 2 amide bonds. The third-order valence-corrected chi connectivity index (χ3v) is 4.23. The molecule has 0 saturated heterocycles. The molecule has 0 rings (SSSR count). The summed E-state index contributed by atoms with van der Waals surface area (Å²) in [6.07, 6.45) is 22.0. The number of unbranched alkanes of at least 4 members (excludes halogenated alkanes) is 9. The highest BCUT2D eigenvalue weighted by atomic mass is 16.2. The predicted molar refractivity (Wildman–Crippen MR) is 111 cm³/mol. The molecule has 0 aromatic heterocycles. The van der Waals surface area contributed by atoms with Gasteiger partial charge in [-0.2, -0.15) is 0 Å². The van der Waals surface area contributed by atoms with Gasteiger partial charge < -0.3 is 10.6 Å². The average molecular weight is 365 g/mol. The van der Waals surface area contributed by atoms with E-state index in [1.807, 2.05) is 12.2 Å².